The van der Waals surface area contributed by atoms with E-state index in [9.17, 15) is 4.79 Å². The first-order valence-electron chi connectivity index (χ1n) is 8.46. The highest BCUT2D eigenvalue weighted by atomic mass is 16.1. The van der Waals surface area contributed by atoms with Crippen LogP contribution >= 0.6 is 0 Å². The van der Waals surface area contributed by atoms with E-state index in [1.165, 1.54) is 22.3 Å². The first kappa shape index (κ1) is 15.0. The van der Waals surface area contributed by atoms with E-state index in [2.05, 4.69) is 49.4 Å². The molecule has 0 amide bonds. The molecule has 3 rings (SSSR count). The summed E-state index contributed by atoms with van der Waals surface area (Å²) in [7, 11) is 0. The zero-order valence-corrected chi connectivity index (χ0v) is 13.4. The maximum Gasteiger partial charge on any atom is 0.163 e. The Morgan fingerprint density at radius 2 is 1.73 bits per heavy atom. The van der Waals surface area contributed by atoms with E-state index < -0.39 is 0 Å². The number of rotatable bonds is 5. The highest BCUT2D eigenvalue weighted by molar-refractivity contribution is 6.01. The van der Waals surface area contributed by atoms with Crippen LogP contribution in [0, 0.1) is 0 Å². The van der Waals surface area contributed by atoms with Crippen molar-refractivity contribution in [2.45, 2.75) is 51.9 Å². The predicted molar refractivity (Wildman–Crippen MR) is 91.9 cm³/mol. The van der Waals surface area contributed by atoms with Crippen LogP contribution < -0.4 is 0 Å². The van der Waals surface area contributed by atoms with Crippen LogP contribution in [-0.2, 0) is 17.6 Å². The molecule has 0 fully saturated rings. The van der Waals surface area contributed by atoms with E-state index in [1.54, 1.807) is 0 Å². The van der Waals surface area contributed by atoms with Crippen LogP contribution in [0.1, 0.15) is 50.2 Å². The van der Waals surface area contributed by atoms with Crippen LogP contribution in [0.4, 0.5) is 0 Å². The summed E-state index contributed by atoms with van der Waals surface area (Å²) in [5.41, 5.74) is 6.52. The van der Waals surface area contributed by atoms with Gasteiger partial charge in [-0.3, -0.25) is 4.79 Å². The van der Waals surface area contributed by atoms with Crippen LogP contribution in [0.15, 0.2) is 59.2 Å². The number of carbonyl (C=O) groups excluding carboxylic acids is 1. The van der Waals surface area contributed by atoms with E-state index in [1.807, 2.05) is 0 Å². The van der Waals surface area contributed by atoms with Gasteiger partial charge in [0.2, 0.25) is 0 Å². The molecular formula is C21H24O. The van der Waals surface area contributed by atoms with E-state index in [0.29, 0.717) is 5.78 Å². The number of allylic oxidation sites excluding steroid dienone is 6. The average Bonchev–Trinajstić information content (AvgIpc) is 2.93. The summed E-state index contributed by atoms with van der Waals surface area (Å²) in [4.78, 5) is 11.8. The van der Waals surface area contributed by atoms with Crippen LogP contribution in [-0.4, -0.2) is 5.78 Å². The van der Waals surface area contributed by atoms with Gasteiger partial charge in [-0.05, 0) is 61.3 Å². The van der Waals surface area contributed by atoms with Crippen molar-refractivity contribution >= 4 is 5.78 Å². The Balaban J connectivity index is 1.54. The number of ketones is 1. The maximum absolute atomic E-state index is 11.8. The molecule has 22 heavy (non-hydrogen) atoms. The molecule has 0 aromatic heterocycles. The highest BCUT2D eigenvalue weighted by Gasteiger charge is 2.23. The topological polar surface area (TPSA) is 17.1 Å². The van der Waals surface area contributed by atoms with Gasteiger partial charge >= 0.3 is 0 Å². The molecule has 1 aromatic carbocycles. The molecule has 0 saturated heterocycles. The third kappa shape index (κ3) is 3.47. The van der Waals surface area contributed by atoms with Crippen molar-refractivity contribution in [1.29, 1.82) is 0 Å². The summed E-state index contributed by atoms with van der Waals surface area (Å²) in [6, 6.07) is 8.92. The molecule has 1 heteroatoms. The van der Waals surface area contributed by atoms with Gasteiger partial charge in [-0.15, -0.1) is 0 Å². The predicted octanol–water partition coefficient (Wildman–Crippen LogP) is 5.12. The number of hydrogen-bond donors (Lipinski definition) is 0. The molecule has 1 nitrogen and oxygen atoms in total. The van der Waals surface area contributed by atoms with Crippen molar-refractivity contribution in [3.8, 4) is 0 Å². The molecule has 0 aliphatic heterocycles. The van der Waals surface area contributed by atoms with Gasteiger partial charge in [0, 0.05) is 12.0 Å². The fourth-order valence-electron chi connectivity index (χ4n) is 3.28. The summed E-state index contributed by atoms with van der Waals surface area (Å²) in [5, 5.41) is 0. The second-order valence-corrected chi connectivity index (χ2v) is 6.27. The van der Waals surface area contributed by atoms with E-state index in [-0.39, 0.29) is 0 Å². The molecule has 0 spiro atoms. The van der Waals surface area contributed by atoms with Gasteiger partial charge in [-0.1, -0.05) is 48.9 Å². The Hall–Kier alpha value is -1.89. The fraction of sp³-hybridized carbons (Fsp3) is 0.381. The average molecular weight is 292 g/mol. The lowest BCUT2D eigenvalue weighted by Crippen LogP contribution is -1.99. The Labute approximate surface area is 133 Å². The Bertz CT molecular complexity index is 641. The molecule has 2 aliphatic rings. The first-order chi connectivity index (χ1) is 10.8. The Kier molecular flexibility index (Phi) is 4.72. The van der Waals surface area contributed by atoms with Crippen LogP contribution in [0.3, 0.4) is 0 Å². The molecule has 0 saturated carbocycles. The SMILES string of the molecule is CCc1ccc(CC/C=C/C2=CC3=C(CCC3=O)CC2)cc1. The molecule has 1 aromatic rings. The molecule has 114 valence electrons. The molecular weight excluding hydrogens is 268 g/mol. The first-order valence-corrected chi connectivity index (χ1v) is 8.46. The second-order valence-electron chi connectivity index (χ2n) is 6.27. The number of benzene rings is 1. The zero-order valence-electron chi connectivity index (χ0n) is 13.4. The third-order valence-corrected chi connectivity index (χ3v) is 4.74. The number of hydrogen-bond acceptors (Lipinski definition) is 1. The Morgan fingerprint density at radius 3 is 2.50 bits per heavy atom. The minimum Gasteiger partial charge on any atom is -0.294 e. The quantitative estimate of drug-likeness (QED) is 0.736. The zero-order chi connectivity index (χ0) is 15.4. The summed E-state index contributed by atoms with van der Waals surface area (Å²) in [6.07, 6.45) is 13.7. The third-order valence-electron chi connectivity index (χ3n) is 4.74. The molecule has 0 atom stereocenters. The van der Waals surface area contributed by atoms with Crippen molar-refractivity contribution in [2.75, 3.05) is 0 Å². The van der Waals surface area contributed by atoms with Crippen molar-refractivity contribution in [3.05, 3.63) is 70.3 Å². The summed E-state index contributed by atoms with van der Waals surface area (Å²) in [6.45, 7) is 2.19. The standard InChI is InChI=1S/C21H24O/c1-2-16-7-9-17(10-8-16)5-3-4-6-18-11-12-19-13-14-21(22)20(19)15-18/h4,6-10,15H,2-3,5,11-14H2,1H3/b6-4+. The van der Waals surface area contributed by atoms with Gasteiger partial charge < -0.3 is 0 Å². The minimum absolute atomic E-state index is 0.344. The summed E-state index contributed by atoms with van der Waals surface area (Å²) >= 11 is 0. The molecule has 0 unspecified atom stereocenters. The second kappa shape index (κ2) is 6.91. The van der Waals surface area contributed by atoms with Gasteiger partial charge in [0.25, 0.3) is 0 Å². The van der Waals surface area contributed by atoms with Gasteiger partial charge in [-0.25, -0.2) is 0 Å². The van der Waals surface area contributed by atoms with Crippen molar-refractivity contribution in [1.82, 2.24) is 0 Å². The van der Waals surface area contributed by atoms with Crippen LogP contribution in [0.25, 0.3) is 0 Å². The molecule has 0 radical (unpaired) electrons. The Morgan fingerprint density at radius 1 is 1.00 bits per heavy atom. The molecule has 2 aliphatic carbocycles. The number of aryl methyl sites for hydroxylation is 2. The molecule has 0 N–H and O–H groups in total. The van der Waals surface area contributed by atoms with Crippen molar-refractivity contribution in [2.24, 2.45) is 0 Å². The minimum atomic E-state index is 0.344. The lowest BCUT2D eigenvalue weighted by Gasteiger charge is -2.11. The summed E-state index contributed by atoms with van der Waals surface area (Å²) in [5.74, 6) is 0.344. The van der Waals surface area contributed by atoms with Crippen LogP contribution in [0.2, 0.25) is 0 Å². The van der Waals surface area contributed by atoms with E-state index in [4.69, 9.17) is 0 Å². The monoisotopic (exact) mass is 292 g/mol. The maximum atomic E-state index is 11.8. The summed E-state index contributed by atoms with van der Waals surface area (Å²) < 4.78 is 0. The van der Waals surface area contributed by atoms with Crippen molar-refractivity contribution in [3.63, 3.8) is 0 Å². The lowest BCUT2D eigenvalue weighted by atomic mass is 9.93. The number of carbonyl (C=O) groups is 1. The smallest absolute Gasteiger partial charge is 0.163 e. The van der Waals surface area contributed by atoms with E-state index in [0.717, 1.165) is 50.5 Å². The van der Waals surface area contributed by atoms with Crippen LogP contribution in [0.5, 0.6) is 0 Å². The largest absolute Gasteiger partial charge is 0.294 e. The van der Waals surface area contributed by atoms with Gasteiger partial charge in [0.1, 0.15) is 0 Å². The lowest BCUT2D eigenvalue weighted by molar-refractivity contribution is -0.114. The normalized spacial score (nSPS) is 18.0. The van der Waals surface area contributed by atoms with E-state index >= 15 is 0 Å². The number of Topliss-reactive ketones (excluding diaryl/α,β-unsaturated/α-hetero) is 1. The van der Waals surface area contributed by atoms with Gasteiger partial charge in [0.05, 0.1) is 0 Å². The molecule has 0 bridgehead atoms. The van der Waals surface area contributed by atoms with Gasteiger partial charge in [0.15, 0.2) is 5.78 Å². The highest BCUT2D eigenvalue weighted by Crippen LogP contribution is 2.34. The van der Waals surface area contributed by atoms with Gasteiger partial charge in [-0.2, -0.15) is 0 Å². The molecule has 0 heterocycles. The fourth-order valence-corrected chi connectivity index (χ4v) is 3.28. The van der Waals surface area contributed by atoms with Crippen molar-refractivity contribution < 1.29 is 4.79 Å².